The number of likely N-dealkylation sites (N-methyl/N-ethyl adjacent to an activating group) is 2. The molecule has 1 rings (SSSR count). The molecule has 1 N–H and O–H groups in total. The first-order chi connectivity index (χ1) is 9.10. The summed E-state index contributed by atoms with van der Waals surface area (Å²) < 4.78 is 63.2. The molecule has 0 radical (unpaired) electrons. The molecule has 0 spiro atoms. The van der Waals surface area contributed by atoms with Crippen LogP contribution >= 0.6 is 0 Å². The van der Waals surface area contributed by atoms with Crippen LogP contribution in [0, 0.1) is 0 Å². The van der Waals surface area contributed by atoms with Crippen LogP contribution in [0.5, 0.6) is 0 Å². The highest BCUT2D eigenvalue weighted by atomic mass is 32.2. The highest BCUT2D eigenvalue weighted by Gasteiger charge is 2.38. The van der Waals surface area contributed by atoms with E-state index in [1.54, 1.807) is 0 Å². The maximum atomic E-state index is 12.8. The third-order valence-corrected chi connectivity index (χ3v) is 4.39. The lowest BCUT2D eigenvalue weighted by atomic mass is 10.2. The van der Waals surface area contributed by atoms with Crippen molar-refractivity contribution in [1.29, 1.82) is 0 Å². The summed E-state index contributed by atoms with van der Waals surface area (Å²) in [4.78, 5) is 10.3. The number of benzene rings is 1. The number of halogens is 3. The number of hydrogen-bond donors (Lipinski definition) is 1. The van der Waals surface area contributed by atoms with E-state index in [4.69, 9.17) is 0 Å². The lowest BCUT2D eigenvalue weighted by molar-refractivity contribution is -0.139. The van der Waals surface area contributed by atoms with Gasteiger partial charge < -0.3 is 5.32 Å². The van der Waals surface area contributed by atoms with Gasteiger partial charge in [-0.05, 0) is 12.1 Å². The highest BCUT2D eigenvalue weighted by molar-refractivity contribution is 7.89. The molecular weight excluding hydrogens is 297 g/mol. The number of amides is 1. The van der Waals surface area contributed by atoms with Crippen molar-refractivity contribution in [2.45, 2.75) is 11.1 Å². The topological polar surface area (TPSA) is 66.5 Å². The second kappa shape index (κ2) is 5.80. The van der Waals surface area contributed by atoms with Crippen molar-refractivity contribution in [1.82, 2.24) is 9.62 Å². The van der Waals surface area contributed by atoms with E-state index < -0.39 is 39.1 Å². The molecule has 1 aromatic rings. The summed E-state index contributed by atoms with van der Waals surface area (Å²) in [5, 5.41) is 2.20. The molecule has 0 saturated carbocycles. The summed E-state index contributed by atoms with van der Waals surface area (Å²) in [6, 6.07) is 3.83. The summed E-state index contributed by atoms with van der Waals surface area (Å²) in [6.07, 6.45) is -4.79. The van der Waals surface area contributed by atoms with Gasteiger partial charge in [0.1, 0.15) is 0 Å². The molecule has 0 aliphatic heterocycles. The Balaban J connectivity index is 3.26. The van der Waals surface area contributed by atoms with Gasteiger partial charge in [0.25, 0.3) is 0 Å². The molecule has 0 aromatic heterocycles. The van der Waals surface area contributed by atoms with Gasteiger partial charge in [0.05, 0.1) is 17.0 Å². The van der Waals surface area contributed by atoms with Crippen molar-refractivity contribution in [2.75, 3.05) is 20.6 Å². The number of carbonyl (C=O) groups is 1. The maximum absolute atomic E-state index is 12.8. The number of rotatable bonds is 4. The van der Waals surface area contributed by atoms with Crippen LogP contribution in [0.1, 0.15) is 5.56 Å². The van der Waals surface area contributed by atoms with Crippen molar-refractivity contribution in [3.05, 3.63) is 29.8 Å². The third-order valence-electron chi connectivity index (χ3n) is 2.53. The Morgan fingerprint density at radius 3 is 2.35 bits per heavy atom. The molecule has 112 valence electrons. The number of sulfonamides is 1. The van der Waals surface area contributed by atoms with E-state index in [-0.39, 0.29) is 0 Å². The first kappa shape index (κ1) is 16.4. The van der Waals surface area contributed by atoms with Gasteiger partial charge in [-0.15, -0.1) is 0 Å². The zero-order chi connectivity index (χ0) is 15.6. The fourth-order valence-corrected chi connectivity index (χ4v) is 2.80. The summed E-state index contributed by atoms with van der Waals surface area (Å²) in [7, 11) is -2.07. The largest absolute Gasteiger partial charge is 0.417 e. The zero-order valence-electron chi connectivity index (χ0n) is 10.7. The van der Waals surface area contributed by atoms with Crippen LogP contribution in [0.2, 0.25) is 0 Å². The number of alkyl halides is 3. The van der Waals surface area contributed by atoms with E-state index in [1.807, 2.05) is 0 Å². The molecule has 5 nitrogen and oxygen atoms in total. The molecule has 0 fully saturated rings. The number of nitrogens with zero attached hydrogens (tertiary/aromatic N) is 1. The van der Waals surface area contributed by atoms with Crippen LogP contribution in [0.15, 0.2) is 29.2 Å². The van der Waals surface area contributed by atoms with Crippen LogP contribution < -0.4 is 5.32 Å². The molecule has 0 aliphatic rings. The number of hydrogen-bond acceptors (Lipinski definition) is 3. The van der Waals surface area contributed by atoms with Crippen LogP contribution in [0.3, 0.4) is 0 Å². The molecule has 1 aromatic carbocycles. The van der Waals surface area contributed by atoms with E-state index in [2.05, 4.69) is 5.32 Å². The monoisotopic (exact) mass is 310 g/mol. The average Bonchev–Trinajstić information content (AvgIpc) is 2.37. The lowest BCUT2D eigenvalue weighted by Gasteiger charge is -2.19. The predicted octanol–water partition coefficient (Wildman–Crippen LogP) is 1.07. The quantitative estimate of drug-likeness (QED) is 0.905. The van der Waals surface area contributed by atoms with Crippen molar-refractivity contribution in [3.63, 3.8) is 0 Å². The lowest BCUT2D eigenvalue weighted by Crippen LogP contribution is -2.37. The molecule has 0 heterocycles. The minimum absolute atomic E-state index is 0.564. The minimum atomic E-state index is -4.79. The Bertz CT molecular complexity index is 599. The van der Waals surface area contributed by atoms with Crippen molar-refractivity contribution >= 4 is 15.9 Å². The fraction of sp³-hybridized carbons (Fsp3) is 0.364. The van der Waals surface area contributed by atoms with Gasteiger partial charge in [-0.3, -0.25) is 4.79 Å². The zero-order valence-corrected chi connectivity index (χ0v) is 11.5. The Labute approximate surface area is 114 Å². The standard InChI is InChI=1S/C11H13F3N2O3S/c1-15-10(17)7-16(2)20(18,19)9-6-4-3-5-8(9)11(12,13)14/h3-6H,7H2,1-2H3,(H,15,17). The second-order valence-electron chi connectivity index (χ2n) is 3.93. The average molecular weight is 310 g/mol. The first-order valence-corrected chi connectivity index (χ1v) is 6.88. The maximum Gasteiger partial charge on any atom is 0.417 e. The minimum Gasteiger partial charge on any atom is -0.358 e. The predicted molar refractivity (Wildman–Crippen MR) is 65.3 cm³/mol. The number of nitrogens with one attached hydrogen (secondary N) is 1. The van der Waals surface area contributed by atoms with Crippen LogP contribution in [-0.2, 0) is 21.0 Å². The fourth-order valence-electron chi connectivity index (χ4n) is 1.46. The summed E-state index contributed by atoms with van der Waals surface area (Å²) >= 11 is 0. The van der Waals surface area contributed by atoms with Gasteiger partial charge in [-0.2, -0.15) is 17.5 Å². The summed E-state index contributed by atoms with van der Waals surface area (Å²) in [6.45, 7) is -0.564. The van der Waals surface area contributed by atoms with Crippen LogP contribution in [-0.4, -0.2) is 39.3 Å². The molecule has 0 aliphatic carbocycles. The molecule has 1 amide bonds. The van der Waals surface area contributed by atoms with E-state index >= 15 is 0 Å². The van der Waals surface area contributed by atoms with E-state index in [9.17, 15) is 26.4 Å². The smallest absolute Gasteiger partial charge is 0.358 e. The van der Waals surface area contributed by atoms with Crippen LogP contribution in [0.25, 0.3) is 0 Å². The van der Waals surface area contributed by atoms with Gasteiger partial charge in [0, 0.05) is 14.1 Å². The Morgan fingerprint density at radius 1 is 1.30 bits per heavy atom. The van der Waals surface area contributed by atoms with Gasteiger partial charge >= 0.3 is 6.18 Å². The molecular formula is C11H13F3N2O3S. The third kappa shape index (κ3) is 3.48. The molecule has 9 heteroatoms. The van der Waals surface area contributed by atoms with E-state index in [0.717, 1.165) is 19.2 Å². The Kier molecular flexibility index (Phi) is 4.77. The highest BCUT2D eigenvalue weighted by Crippen LogP contribution is 2.34. The molecule has 20 heavy (non-hydrogen) atoms. The molecule has 0 saturated heterocycles. The first-order valence-electron chi connectivity index (χ1n) is 5.44. The Hall–Kier alpha value is -1.61. The van der Waals surface area contributed by atoms with Crippen molar-refractivity contribution in [2.24, 2.45) is 0 Å². The van der Waals surface area contributed by atoms with Crippen LogP contribution in [0.4, 0.5) is 13.2 Å². The van der Waals surface area contributed by atoms with Gasteiger partial charge in [-0.25, -0.2) is 8.42 Å². The van der Waals surface area contributed by atoms with Crippen molar-refractivity contribution in [3.8, 4) is 0 Å². The second-order valence-corrected chi connectivity index (χ2v) is 5.94. The molecule has 0 unspecified atom stereocenters. The number of carbonyl (C=O) groups excluding carboxylic acids is 1. The van der Waals surface area contributed by atoms with Gasteiger partial charge in [0.15, 0.2) is 0 Å². The normalized spacial score (nSPS) is 12.5. The van der Waals surface area contributed by atoms with Gasteiger partial charge in [-0.1, -0.05) is 12.1 Å². The van der Waals surface area contributed by atoms with Gasteiger partial charge in [0.2, 0.25) is 15.9 Å². The van der Waals surface area contributed by atoms with E-state index in [1.165, 1.54) is 13.1 Å². The molecule has 0 bridgehead atoms. The molecule has 0 atom stereocenters. The van der Waals surface area contributed by atoms with Crippen molar-refractivity contribution < 1.29 is 26.4 Å². The summed E-state index contributed by atoms with van der Waals surface area (Å²) in [5.74, 6) is -0.624. The van der Waals surface area contributed by atoms with E-state index in [0.29, 0.717) is 10.4 Å². The Morgan fingerprint density at radius 2 is 1.85 bits per heavy atom. The SMILES string of the molecule is CNC(=O)CN(C)S(=O)(=O)c1ccccc1C(F)(F)F. The summed E-state index contributed by atoms with van der Waals surface area (Å²) in [5.41, 5.74) is -1.26.